The van der Waals surface area contributed by atoms with Crippen molar-refractivity contribution in [3.05, 3.63) is 29.6 Å². The molecule has 0 aliphatic carbocycles. The van der Waals surface area contributed by atoms with Crippen LogP contribution in [0, 0.1) is 5.82 Å². The number of likely N-dealkylation sites (N-methyl/N-ethyl adjacent to an activating group) is 1. The minimum atomic E-state index is -0.434. The van der Waals surface area contributed by atoms with Crippen LogP contribution in [0.25, 0.3) is 0 Å². The summed E-state index contributed by atoms with van der Waals surface area (Å²) < 4.78 is 18.1. The number of carbonyl (C=O) groups excluding carboxylic acids is 1. The van der Waals surface area contributed by atoms with Gasteiger partial charge in [-0.05, 0) is 24.2 Å². The molecule has 0 heterocycles. The van der Waals surface area contributed by atoms with Crippen LogP contribution in [-0.2, 0) is 11.2 Å². The SMILES string of the molecule is CCNCC(=O)Cc1ccc(OC)c(F)c1. The number of hydrogen-bond donors (Lipinski definition) is 1. The summed E-state index contributed by atoms with van der Waals surface area (Å²) in [5, 5.41) is 2.94. The summed E-state index contributed by atoms with van der Waals surface area (Å²) in [5.74, 6) is -0.189. The second-order valence-electron chi connectivity index (χ2n) is 3.46. The molecule has 1 aromatic rings. The van der Waals surface area contributed by atoms with E-state index in [-0.39, 0.29) is 18.0 Å². The molecule has 0 atom stereocenters. The molecule has 0 unspecified atom stereocenters. The fourth-order valence-electron chi connectivity index (χ4n) is 1.37. The van der Waals surface area contributed by atoms with Crippen molar-refractivity contribution in [3.63, 3.8) is 0 Å². The number of nitrogens with one attached hydrogen (secondary N) is 1. The second-order valence-corrected chi connectivity index (χ2v) is 3.46. The fraction of sp³-hybridized carbons (Fsp3) is 0.417. The Morgan fingerprint density at radius 3 is 2.81 bits per heavy atom. The van der Waals surface area contributed by atoms with Gasteiger partial charge in [-0.3, -0.25) is 4.79 Å². The van der Waals surface area contributed by atoms with Crippen LogP contribution in [-0.4, -0.2) is 26.0 Å². The quantitative estimate of drug-likeness (QED) is 0.798. The molecule has 0 aromatic heterocycles. The third-order valence-corrected chi connectivity index (χ3v) is 2.19. The minimum Gasteiger partial charge on any atom is -0.494 e. The van der Waals surface area contributed by atoms with E-state index in [1.54, 1.807) is 6.07 Å². The Hall–Kier alpha value is -1.42. The number of ketones is 1. The molecule has 0 bridgehead atoms. The standard InChI is InChI=1S/C12H16FNO2/c1-3-14-8-10(15)6-9-4-5-12(16-2)11(13)7-9/h4-5,7,14H,3,6,8H2,1-2H3. The maximum atomic E-state index is 13.3. The number of Topliss-reactive ketones (excluding diaryl/α,β-unsaturated/α-hetero) is 1. The smallest absolute Gasteiger partial charge is 0.165 e. The molecule has 16 heavy (non-hydrogen) atoms. The van der Waals surface area contributed by atoms with Gasteiger partial charge in [0, 0.05) is 6.42 Å². The monoisotopic (exact) mass is 225 g/mol. The van der Waals surface area contributed by atoms with Gasteiger partial charge in [0.05, 0.1) is 13.7 Å². The average Bonchev–Trinajstić information content (AvgIpc) is 2.26. The van der Waals surface area contributed by atoms with Crippen LogP contribution in [0.3, 0.4) is 0 Å². The Morgan fingerprint density at radius 1 is 1.50 bits per heavy atom. The van der Waals surface area contributed by atoms with Crippen molar-refractivity contribution in [2.24, 2.45) is 0 Å². The molecule has 0 radical (unpaired) electrons. The second kappa shape index (κ2) is 6.23. The largest absolute Gasteiger partial charge is 0.494 e. The van der Waals surface area contributed by atoms with Crippen LogP contribution in [0.1, 0.15) is 12.5 Å². The number of halogens is 1. The number of benzene rings is 1. The van der Waals surface area contributed by atoms with E-state index in [1.807, 2.05) is 6.92 Å². The van der Waals surface area contributed by atoms with Crippen molar-refractivity contribution in [3.8, 4) is 5.75 Å². The molecule has 0 aliphatic rings. The van der Waals surface area contributed by atoms with Gasteiger partial charge in [0.15, 0.2) is 17.3 Å². The number of hydrogen-bond acceptors (Lipinski definition) is 3. The number of carbonyl (C=O) groups is 1. The van der Waals surface area contributed by atoms with Gasteiger partial charge in [0.25, 0.3) is 0 Å². The first-order valence-electron chi connectivity index (χ1n) is 5.22. The third kappa shape index (κ3) is 3.62. The molecule has 3 nitrogen and oxygen atoms in total. The van der Waals surface area contributed by atoms with E-state index < -0.39 is 5.82 Å². The molecule has 1 aromatic carbocycles. The number of rotatable bonds is 6. The van der Waals surface area contributed by atoms with Crippen LogP contribution in [0.5, 0.6) is 5.75 Å². The Balaban J connectivity index is 2.61. The van der Waals surface area contributed by atoms with Crippen molar-refractivity contribution in [2.45, 2.75) is 13.3 Å². The van der Waals surface area contributed by atoms with Gasteiger partial charge < -0.3 is 10.1 Å². The van der Waals surface area contributed by atoms with Crippen molar-refractivity contribution >= 4 is 5.78 Å². The lowest BCUT2D eigenvalue weighted by atomic mass is 10.1. The zero-order valence-electron chi connectivity index (χ0n) is 9.55. The van der Waals surface area contributed by atoms with Crippen LogP contribution in [0.15, 0.2) is 18.2 Å². The van der Waals surface area contributed by atoms with Gasteiger partial charge in [-0.2, -0.15) is 0 Å². The molecule has 1 rings (SSSR count). The fourth-order valence-corrected chi connectivity index (χ4v) is 1.37. The lowest BCUT2D eigenvalue weighted by molar-refractivity contribution is -0.117. The van der Waals surface area contributed by atoms with E-state index in [9.17, 15) is 9.18 Å². The third-order valence-electron chi connectivity index (χ3n) is 2.19. The lowest BCUT2D eigenvalue weighted by Crippen LogP contribution is -2.23. The van der Waals surface area contributed by atoms with Gasteiger partial charge in [-0.1, -0.05) is 13.0 Å². The lowest BCUT2D eigenvalue weighted by Gasteiger charge is -2.05. The Kier molecular flexibility index (Phi) is 4.92. The zero-order valence-corrected chi connectivity index (χ0v) is 9.55. The average molecular weight is 225 g/mol. The van der Waals surface area contributed by atoms with E-state index >= 15 is 0 Å². The van der Waals surface area contributed by atoms with E-state index in [2.05, 4.69) is 5.32 Å². The number of ether oxygens (including phenoxy) is 1. The van der Waals surface area contributed by atoms with Crippen molar-refractivity contribution in [2.75, 3.05) is 20.2 Å². The topological polar surface area (TPSA) is 38.3 Å². The highest BCUT2D eigenvalue weighted by Crippen LogP contribution is 2.17. The van der Waals surface area contributed by atoms with E-state index in [0.717, 1.165) is 6.54 Å². The Labute approximate surface area is 94.6 Å². The van der Waals surface area contributed by atoms with E-state index in [4.69, 9.17) is 4.74 Å². The first-order valence-corrected chi connectivity index (χ1v) is 5.22. The molecule has 88 valence electrons. The summed E-state index contributed by atoms with van der Waals surface area (Å²) in [4.78, 5) is 11.4. The molecule has 0 aliphatic heterocycles. The molecule has 4 heteroatoms. The van der Waals surface area contributed by atoms with Crippen molar-refractivity contribution in [1.29, 1.82) is 0 Å². The van der Waals surface area contributed by atoms with Crippen LogP contribution >= 0.6 is 0 Å². The summed E-state index contributed by atoms with van der Waals surface area (Å²) in [5.41, 5.74) is 0.668. The van der Waals surface area contributed by atoms with Gasteiger partial charge in [-0.25, -0.2) is 4.39 Å². The van der Waals surface area contributed by atoms with Gasteiger partial charge >= 0.3 is 0 Å². The van der Waals surface area contributed by atoms with Crippen LogP contribution in [0.4, 0.5) is 4.39 Å². The maximum absolute atomic E-state index is 13.3. The highest BCUT2D eigenvalue weighted by Gasteiger charge is 2.07. The number of methoxy groups -OCH3 is 1. The maximum Gasteiger partial charge on any atom is 0.165 e. The van der Waals surface area contributed by atoms with Gasteiger partial charge in [0.1, 0.15) is 0 Å². The molecule has 1 N–H and O–H groups in total. The van der Waals surface area contributed by atoms with Gasteiger partial charge in [-0.15, -0.1) is 0 Å². The van der Waals surface area contributed by atoms with Crippen LogP contribution < -0.4 is 10.1 Å². The molecule has 0 saturated carbocycles. The van der Waals surface area contributed by atoms with Crippen molar-refractivity contribution < 1.29 is 13.9 Å². The Morgan fingerprint density at radius 2 is 2.25 bits per heavy atom. The van der Waals surface area contributed by atoms with Crippen LogP contribution in [0.2, 0.25) is 0 Å². The summed E-state index contributed by atoms with van der Waals surface area (Å²) in [6.07, 6.45) is 0.244. The van der Waals surface area contributed by atoms with E-state index in [1.165, 1.54) is 19.2 Å². The first-order chi connectivity index (χ1) is 7.67. The molecular weight excluding hydrogens is 209 g/mol. The molecule has 0 amide bonds. The molecule has 0 saturated heterocycles. The summed E-state index contributed by atoms with van der Waals surface area (Å²) in [6.45, 7) is 3.01. The molecule has 0 fully saturated rings. The predicted octanol–water partition coefficient (Wildman–Crippen LogP) is 1.56. The van der Waals surface area contributed by atoms with Crippen molar-refractivity contribution in [1.82, 2.24) is 5.32 Å². The zero-order chi connectivity index (χ0) is 12.0. The first kappa shape index (κ1) is 12.6. The molecule has 0 spiro atoms. The minimum absolute atomic E-state index is 0.0476. The highest BCUT2D eigenvalue weighted by molar-refractivity contribution is 5.82. The summed E-state index contributed by atoms with van der Waals surface area (Å²) >= 11 is 0. The highest BCUT2D eigenvalue weighted by atomic mass is 19.1. The van der Waals surface area contributed by atoms with E-state index in [0.29, 0.717) is 12.1 Å². The molecular formula is C12H16FNO2. The Bertz CT molecular complexity index is 366. The normalized spacial score (nSPS) is 10.2. The van der Waals surface area contributed by atoms with Gasteiger partial charge in [0.2, 0.25) is 0 Å². The summed E-state index contributed by atoms with van der Waals surface area (Å²) in [7, 11) is 1.41. The summed E-state index contributed by atoms with van der Waals surface area (Å²) in [6, 6.07) is 4.57. The predicted molar refractivity (Wildman–Crippen MR) is 60.2 cm³/mol.